The summed E-state index contributed by atoms with van der Waals surface area (Å²) in [6.07, 6.45) is 3.32. The molecule has 0 spiro atoms. The Balaban J connectivity index is 2.58. The first kappa shape index (κ1) is 10.1. The van der Waals surface area contributed by atoms with E-state index in [2.05, 4.69) is 15.0 Å². The molecule has 78 valence electrons. The quantitative estimate of drug-likeness (QED) is 0.768. The lowest BCUT2D eigenvalue weighted by Gasteiger charge is -2.04. The van der Waals surface area contributed by atoms with Gasteiger partial charge in [0.2, 0.25) is 0 Å². The van der Waals surface area contributed by atoms with Crippen molar-refractivity contribution in [3.8, 4) is 17.5 Å². The number of nitrogens with zero attached hydrogens (tertiary/aromatic N) is 4. The molecule has 0 bridgehead atoms. The van der Waals surface area contributed by atoms with E-state index in [0.29, 0.717) is 17.1 Å². The van der Waals surface area contributed by atoms with Crippen LogP contribution in [0.5, 0.6) is 0 Å². The van der Waals surface area contributed by atoms with Crippen molar-refractivity contribution in [2.24, 2.45) is 0 Å². The van der Waals surface area contributed by atoms with Crippen molar-refractivity contribution < 1.29 is 0 Å². The molecule has 0 aliphatic rings. The summed E-state index contributed by atoms with van der Waals surface area (Å²) in [6.45, 7) is 1.73. The summed E-state index contributed by atoms with van der Waals surface area (Å²) >= 11 is 0. The number of pyridine rings is 1. The van der Waals surface area contributed by atoms with Crippen LogP contribution in [0.15, 0.2) is 24.5 Å². The Hall–Kier alpha value is -2.48. The van der Waals surface area contributed by atoms with Gasteiger partial charge in [0.25, 0.3) is 0 Å². The molecule has 0 amide bonds. The van der Waals surface area contributed by atoms with Crippen LogP contribution in [-0.2, 0) is 0 Å². The van der Waals surface area contributed by atoms with Crippen LogP contribution in [0.25, 0.3) is 11.4 Å². The van der Waals surface area contributed by atoms with Crippen molar-refractivity contribution >= 4 is 5.82 Å². The van der Waals surface area contributed by atoms with Gasteiger partial charge in [-0.3, -0.25) is 4.98 Å². The number of aryl methyl sites for hydroxylation is 1. The summed E-state index contributed by atoms with van der Waals surface area (Å²) in [5.41, 5.74) is 7.36. The largest absolute Gasteiger partial charge is 0.382 e. The third-order valence-electron chi connectivity index (χ3n) is 2.15. The summed E-state index contributed by atoms with van der Waals surface area (Å²) in [6, 6.07) is 5.61. The third-order valence-corrected chi connectivity index (χ3v) is 2.15. The predicted molar refractivity (Wildman–Crippen MR) is 59.1 cm³/mol. The zero-order valence-corrected chi connectivity index (χ0v) is 8.68. The van der Waals surface area contributed by atoms with Gasteiger partial charge >= 0.3 is 0 Å². The lowest BCUT2D eigenvalue weighted by molar-refractivity contribution is 1.10. The van der Waals surface area contributed by atoms with E-state index >= 15 is 0 Å². The van der Waals surface area contributed by atoms with Crippen LogP contribution >= 0.6 is 0 Å². The highest BCUT2D eigenvalue weighted by Crippen LogP contribution is 2.18. The van der Waals surface area contributed by atoms with E-state index in [9.17, 15) is 0 Å². The molecule has 0 saturated carbocycles. The second-order valence-corrected chi connectivity index (χ2v) is 3.25. The van der Waals surface area contributed by atoms with Crippen LogP contribution in [0.2, 0.25) is 0 Å². The standard InChI is InChI=1S/C11H9N5/c1-7-9(5-12)10(13)16-11(15-7)8-3-2-4-14-6-8/h2-4,6H,1H3,(H2,13,15,16). The molecule has 0 unspecified atom stereocenters. The lowest BCUT2D eigenvalue weighted by Crippen LogP contribution is -2.02. The van der Waals surface area contributed by atoms with Crippen LogP contribution in [0.1, 0.15) is 11.3 Å². The molecule has 2 aromatic rings. The van der Waals surface area contributed by atoms with Gasteiger partial charge in [-0.05, 0) is 19.1 Å². The van der Waals surface area contributed by atoms with Gasteiger partial charge in [0.15, 0.2) is 5.82 Å². The van der Waals surface area contributed by atoms with E-state index < -0.39 is 0 Å². The Bertz CT molecular complexity index is 533. The molecule has 0 aromatic carbocycles. The van der Waals surface area contributed by atoms with Gasteiger partial charge in [0.1, 0.15) is 17.5 Å². The molecule has 5 heteroatoms. The van der Waals surface area contributed by atoms with E-state index in [-0.39, 0.29) is 5.82 Å². The Morgan fingerprint density at radius 3 is 2.75 bits per heavy atom. The fraction of sp³-hybridized carbons (Fsp3) is 0.0909. The first-order chi connectivity index (χ1) is 7.72. The highest BCUT2D eigenvalue weighted by Gasteiger charge is 2.09. The number of nitriles is 1. The molecule has 0 aliphatic heterocycles. The maximum Gasteiger partial charge on any atom is 0.163 e. The summed E-state index contributed by atoms with van der Waals surface area (Å²) < 4.78 is 0. The van der Waals surface area contributed by atoms with E-state index in [1.165, 1.54) is 0 Å². The van der Waals surface area contributed by atoms with Gasteiger partial charge in [-0.1, -0.05) is 0 Å². The molecule has 0 aliphatic carbocycles. The number of nitrogens with two attached hydrogens (primary N) is 1. The molecule has 2 aromatic heterocycles. The zero-order chi connectivity index (χ0) is 11.5. The molecular weight excluding hydrogens is 202 g/mol. The summed E-state index contributed by atoms with van der Waals surface area (Å²) in [5, 5.41) is 8.84. The Morgan fingerprint density at radius 2 is 2.19 bits per heavy atom. The van der Waals surface area contributed by atoms with Gasteiger partial charge in [-0.25, -0.2) is 9.97 Å². The fourth-order valence-electron chi connectivity index (χ4n) is 1.36. The van der Waals surface area contributed by atoms with E-state index in [1.54, 1.807) is 25.4 Å². The lowest BCUT2D eigenvalue weighted by atomic mass is 10.2. The molecule has 0 radical (unpaired) electrons. The maximum atomic E-state index is 8.84. The Kier molecular flexibility index (Phi) is 2.48. The van der Waals surface area contributed by atoms with Gasteiger partial charge < -0.3 is 5.73 Å². The highest BCUT2D eigenvalue weighted by atomic mass is 15.0. The van der Waals surface area contributed by atoms with Crippen molar-refractivity contribution in [2.75, 3.05) is 5.73 Å². The molecule has 0 saturated heterocycles. The van der Waals surface area contributed by atoms with Crippen molar-refractivity contribution in [1.82, 2.24) is 15.0 Å². The molecule has 0 fully saturated rings. The molecule has 0 atom stereocenters. The van der Waals surface area contributed by atoms with Crippen LogP contribution < -0.4 is 5.73 Å². The SMILES string of the molecule is Cc1nc(-c2cccnc2)nc(N)c1C#N. The molecule has 5 nitrogen and oxygen atoms in total. The van der Waals surface area contributed by atoms with Crippen molar-refractivity contribution in [3.63, 3.8) is 0 Å². The number of nitrogen functional groups attached to an aromatic ring is 1. The third kappa shape index (κ3) is 1.68. The molecule has 2 heterocycles. The normalized spacial score (nSPS) is 9.75. The zero-order valence-electron chi connectivity index (χ0n) is 8.68. The predicted octanol–water partition coefficient (Wildman–Crippen LogP) is 1.30. The van der Waals surface area contributed by atoms with Crippen LogP contribution in [0, 0.1) is 18.3 Å². The summed E-state index contributed by atoms with van der Waals surface area (Å²) in [7, 11) is 0. The topological polar surface area (TPSA) is 88.5 Å². The van der Waals surface area contributed by atoms with Crippen molar-refractivity contribution in [1.29, 1.82) is 5.26 Å². The first-order valence-electron chi connectivity index (χ1n) is 4.67. The molecule has 2 N–H and O–H groups in total. The molecular formula is C11H9N5. The fourth-order valence-corrected chi connectivity index (χ4v) is 1.36. The van der Waals surface area contributed by atoms with E-state index in [4.69, 9.17) is 11.0 Å². The second kappa shape index (κ2) is 3.95. The smallest absolute Gasteiger partial charge is 0.163 e. The average molecular weight is 211 g/mol. The molecule has 16 heavy (non-hydrogen) atoms. The van der Waals surface area contributed by atoms with Gasteiger partial charge in [-0.2, -0.15) is 5.26 Å². The van der Waals surface area contributed by atoms with E-state index in [0.717, 1.165) is 5.56 Å². The second-order valence-electron chi connectivity index (χ2n) is 3.25. The average Bonchev–Trinajstić information content (AvgIpc) is 2.30. The summed E-state index contributed by atoms with van der Waals surface area (Å²) in [4.78, 5) is 12.3. The van der Waals surface area contributed by atoms with Crippen LogP contribution in [-0.4, -0.2) is 15.0 Å². The van der Waals surface area contributed by atoms with Crippen molar-refractivity contribution in [2.45, 2.75) is 6.92 Å². The van der Waals surface area contributed by atoms with Gasteiger partial charge in [-0.15, -0.1) is 0 Å². The summed E-state index contributed by atoms with van der Waals surface area (Å²) in [5.74, 6) is 0.691. The number of anilines is 1. The van der Waals surface area contributed by atoms with Crippen LogP contribution in [0.4, 0.5) is 5.82 Å². The monoisotopic (exact) mass is 211 g/mol. The maximum absolute atomic E-state index is 8.84. The van der Waals surface area contributed by atoms with Gasteiger partial charge in [0.05, 0.1) is 5.69 Å². The number of aromatic nitrogens is 3. The number of rotatable bonds is 1. The van der Waals surface area contributed by atoms with Crippen LogP contribution in [0.3, 0.4) is 0 Å². The molecule has 2 rings (SSSR count). The number of hydrogen-bond donors (Lipinski definition) is 1. The Labute approximate surface area is 92.6 Å². The number of hydrogen-bond acceptors (Lipinski definition) is 5. The van der Waals surface area contributed by atoms with E-state index in [1.807, 2.05) is 12.1 Å². The Morgan fingerprint density at radius 1 is 1.38 bits per heavy atom. The minimum atomic E-state index is 0.203. The van der Waals surface area contributed by atoms with Gasteiger partial charge in [0, 0.05) is 18.0 Å². The first-order valence-corrected chi connectivity index (χ1v) is 4.67. The minimum Gasteiger partial charge on any atom is -0.382 e. The highest BCUT2D eigenvalue weighted by molar-refractivity contribution is 5.60. The van der Waals surface area contributed by atoms with Crippen molar-refractivity contribution in [3.05, 3.63) is 35.8 Å². The minimum absolute atomic E-state index is 0.203.